The van der Waals surface area contributed by atoms with Gasteiger partial charge in [0.1, 0.15) is 17.1 Å². The summed E-state index contributed by atoms with van der Waals surface area (Å²) in [6, 6.07) is 11.9. The molecule has 0 aliphatic carbocycles. The van der Waals surface area contributed by atoms with Crippen molar-refractivity contribution in [1.82, 2.24) is 0 Å². The molecule has 0 aliphatic heterocycles. The van der Waals surface area contributed by atoms with Crippen LogP contribution >= 0.6 is 11.3 Å². The topological polar surface area (TPSA) is 48.7 Å². The average Bonchev–Trinajstić information content (AvgIpc) is 3.04. The van der Waals surface area contributed by atoms with Crippen molar-refractivity contribution < 1.29 is 13.3 Å². The predicted octanol–water partition coefficient (Wildman–Crippen LogP) is 8.93. The highest BCUT2D eigenvalue weighted by atomic mass is 32.1. The van der Waals surface area contributed by atoms with Gasteiger partial charge in [0.2, 0.25) is 16.6 Å². The minimum Gasteiger partial charge on any atom is -0.543 e. The van der Waals surface area contributed by atoms with E-state index in [-0.39, 0.29) is 15.7 Å². The smallest absolute Gasteiger partial charge is 0.345 e. The molecule has 0 aliphatic rings. The molecular formula is C27H36O4SSi2. The summed E-state index contributed by atoms with van der Waals surface area (Å²) < 4.78 is 20.7. The Morgan fingerprint density at radius 3 is 1.79 bits per heavy atom. The van der Waals surface area contributed by atoms with Gasteiger partial charge < -0.3 is 13.3 Å². The van der Waals surface area contributed by atoms with E-state index < -0.39 is 16.6 Å². The summed E-state index contributed by atoms with van der Waals surface area (Å²) in [6.45, 7) is 22.3. The zero-order valence-corrected chi connectivity index (χ0v) is 24.8. The molecule has 0 N–H and O–H groups in total. The molecule has 2 aromatic heterocycles. The lowest BCUT2D eigenvalue weighted by Crippen LogP contribution is -2.43. The largest absolute Gasteiger partial charge is 0.543 e. The van der Waals surface area contributed by atoms with Crippen molar-refractivity contribution in [2.75, 3.05) is 0 Å². The number of fused-ring (bicyclic) bond motifs is 5. The Kier molecular flexibility index (Phi) is 5.86. The second kappa shape index (κ2) is 7.96. The van der Waals surface area contributed by atoms with Crippen LogP contribution in [-0.2, 0) is 0 Å². The molecule has 0 saturated carbocycles. The van der Waals surface area contributed by atoms with E-state index in [1.807, 2.05) is 30.3 Å². The molecule has 7 heteroatoms. The van der Waals surface area contributed by atoms with Gasteiger partial charge in [-0.25, -0.2) is 4.79 Å². The summed E-state index contributed by atoms with van der Waals surface area (Å²) in [7, 11) is -3.95. The molecule has 0 unspecified atom stereocenters. The molecular weight excluding hydrogens is 477 g/mol. The molecule has 2 aromatic carbocycles. The zero-order valence-electron chi connectivity index (χ0n) is 22.0. The SMILES string of the molecule is CC(C)(C)[Si](C)(C)Oc1ccc2c(c1)oc(=O)c1c3ccc(O[Si](C)(C)C(C)(C)C)cc3sc21. The Bertz CT molecular complexity index is 1450. The van der Waals surface area contributed by atoms with Crippen molar-refractivity contribution in [3.05, 3.63) is 46.8 Å². The van der Waals surface area contributed by atoms with Gasteiger partial charge in [0.05, 0.1) is 10.1 Å². The van der Waals surface area contributed by atoms with Crippen LogP contribution in [0.25, 0.3) is 31.1 Å². The van der Waals surface area contributed by atoms with Gasteiger partial charge in [0, 0.05) is 21.5 Å². The van der Waals surface area contributed by atoms with E-state index in [1.165, 1.54) is 0 Å². The van der Waals surface area contributed by atoms with Crippen LogP contribution in [-0.4, -0.2) is 16.6 Å². The van der Waals surface area contributed by atoms with Crippen molar-refractivity contribution in [2.45, 2.75) is 77.8 Å². The lowest BCUT2D eigenvalue weighted by atomic mass is 10.1. The van der Waals surface area contributed by atoms with Crippen molar-refractivity contribution in [1.29, 1.82) is 0 Å². The van der Waals surface area contributed by atoms with Gasteiger partial charge in [-0.15, -0.1) is 11.3 Å². The third kappa shape index (κ3) is 4.34. The molecule has 0 bridgehead atoms. The van der Waals surface area contributed by atoms with E-state index >= 15 is 0 Å². The fourth-order valence-corrected chi connectivity index (χ4v) is 6.71. The van der Waals surface area contributed by atoms with E-state index in [0.29, 0.717) is 11.0 Å². The molecule has 4 aromatic rings. The van der Waals surface area contributed by atoms with Gasteiger partial charge in [-0.05, 0) is 66.6 Å². The molecule has 0 atom stereocenters. The maximum absolute atomic E-state index is 13.1. The number of hydrogen-bond acceptors (Lipinski definition) is 5. The summed E-state index contributed by atoms with van der Waals surface area (Å²) in [5.41, 5.74) is 0.259. The molecule has 4 nitrogen and oxygen atoms in total. The highest BCUT2D eigenvalue weighted by Crippen LogP contribution is 2.42. The van der Waals surface area contributed by atoms with Gasteiger partial charge in [-0.3, -0.25) is 0 Å². The predicted molar refractivity (Wildman–Crippen MR) is 151 cm³/mol. The third-order valence-corrected chi connectivity index (χ3v) is 17.5. The fourth-order valence-electron chi connectivity index (χ4n) is 3.42. The molecule has 4 rings (SSSR count). The van der Waals surface area contributed by atoms with Crippen molar-refractivity contribution in [3.63, 3.8) is 0 Å². The zero-order chi connectivity index (χ0) is 25.3. The van der Waals surface area contributed by atoms with E-state index in [4.69, 9.17) is 13.3 Å². The Morgan fingerprint density at radius 1 is 0.765 bits per heavy atom. The average molecular weight is 513 g/mol. The van der Waals surface area contributed by atoms with E-state index in [9.17, 15) is 4.79 Å². The second-order valence-electron chi connectivity index (χ2n) is 12.2. The summed E-state index contributed by atoms with van der Waals surface area (Å²) in [6.07, 6.45) is 0. The first-order valence-electron chi connectivity index (χ1n) is 11.8. The third-order valence-electron chi connectivity index (χ3n) is 7.62. The molecule has 0 amide bonds. The molecule has 0 spiro atoms. The summed E-state index contributed by atoms with van der Waals surface area (Å²) in [5, 5.41) is 2.70. The second-order valence-corrected chi connectivity index (χ2v) is 22.7. The monoisotopic (exact) mass is 512 g/mol. The lowest BCUT2D eigenvalue weighted by molar-refractivity contribution is 0.490. The van der Waals surface area contributed by atoms with Crippen LogP contribution in [0.5, 0.6) is 11.5 Å². The fraction of sp³-hybridized carbons (Fsp3) is 0.444. The number of hydrogen-bond donors (Lipinski definition) is 0. The first-order valence-corrected chi connectivity index (χ1v) is 18.4. The number of rotatable bonds is 4. The van der Waals surface area contributed by atoms with Gasteiger partial charge >= 0.3 is 5.63 Å². The minimum atomic E-state index is -1.99. The van der Waals surface area contributed by atoms with Crippen LogP contribution in [0, 0.1) is 0 Å². The Balaban J connectivity index is 1.81. The maximum atomic E-state index is 13.1. The summed E-state index contributed by atoms with van der Waals surface area (Å²) in [4.78, 5) is 13.1. The first kappa shape index (κ1) is 25.0. The van der Waals surface area contributed by atoms with E-state index in [2.05, 4.69) is 73.8 Å². The first-order chi connectivity index (χ1) is 15.5. The van der Waals surface area contributed by atoms with Crippen molar-refractivity contribution >= 4 is 59.1 Å². The van der Waals surface area contributed by atoms with Crippen molar-refractivity contribution in [2.24, 2.45) is 0 Å². The maximum Gasteiger partial charge on any atom is 0.345 e. The highest BCUT2D eigenvalue weighted by molar-refractivity contribution is 7.26. The van der Waals surface area contributed by atoms with E-state index in [0.717, 1.165) is 31.7 Å². The minimum absolute atomic E-state index is 0.0857. The molecule has 2 heterocycles. The van der Waals surface area contributed by atoms with Crippen LogP contribution in [0.4, 0.5) is 0 Å². The summed E-state index contributed by atoms with van der Waals surface area (Å²) in [5.74, 6) is 1.62. The van der Waals surface area contributed by atoms with Crippen LogP contribution in [0.3, 0.4) is 0 Å². The molecule has 0 fully saturated rings. The van der Waals surface area contributed by atoms with Crippen molar-refractivity contribution in [3.8, 4) is 11.5 Å². The van der Waals surface area contributed by atoms with Crippen LogP contribution in [0.15, 0.2) is 45.6 Å². The molecule has 34 heavy (non-hydrogen) atoms. The van der Waals surface area contributed by atoms with Gasteiger partial charge in [0.25, 0.3) is 0 Å². The van der Waals surface area contributed by atoms with Gasteiger partial charge in [-0.2, -0.15) is 0 Å². The van der Waals surface area contributed by atoms with Gasteiger partial charge in [-0.1, -0.05) is 41.5 Å². The highest BCUT2D eigenvalue weighted by Gasteiger charge is 2.40. The molecule has 0 saturated heterocycles. The number of benzene rings is 2. The van der Waals surface area contributed by atoms with Crippen LogP contribution in [0.1, 0.15) is 41.5 Å². The van der Waals surface area contributed by atoms with E-state index in [1.54, 1.807) is 11.3 Å². The Labute approximate surface area is 208 Å². The lowest BCUT2D eigenvalue weighted by Gasteiger charge is -2.36. The Morgan fingerprint density at radius 2 is 1.26 bits per heavy atom. The molecule has 182 valence electrons. The summed E-state index contributed by atoms with van der Waals surface area (Å²) >= 11 is 1.62. The standard InChI is InChI=1S/C27H36O4SSi2/c1-26(2,3)33(7,8)30-17-11-13-19-21(15-17)29-25(28)23-20-14-12-18(16-22(20)32-24(19)23)31-34(9,10)27(4,5)6/h11-16H,1-10H3. The van der Waals surface area contributed by atoms with Crippen LogP contribution < -0.4 is 14.5 Å². The quantitative estimate of drug-likeness (QED) is 0.202. The van der Waals surface area contributed by atoms with Gasteiger partial charge in [0.15, 0.2) is 0 Å². The normalized spacial score (nSPS) is 13.7. The Hall–Kier alpha value is -2.10. The number of thiophene rings is 1. The van der Waals surface area contributed by atoms with Crippen LogP contribution in [0.2, 0.25) is 36.3 Å². The molecule has 0 radical (unpaired) electrons.